The molecule has 1 aromatic rings. The minimum Gasteiger partial charge on any atom is -0.463 e. The Labute approximate surface area is 135 Å². The maximum absolute atomic E-state index is 11.9. The Hall–Kier alpha value is -2.41. The first-order chi connectivity index (χ1) is 11.1. The lowest BCUT2D eigenvalue weighted by atomic mass is 10.1. The molecule has 0 saturated carbocycles. The maximum Gasteiger partial charge on any atom is 0.306 e. The third-order valence-corrected chi connectivity index (χ3v) is 2.89. The van der Waals surface area contributed by atoms with Crippen molar-refractivity contribution in [2.45, 2.75) is 19.8 Å². The van der Waals surface area contributed by atoms with Crippen LogP contribution >= 0.6 is 0 Å². The van der Waals surface area contributed by atoms with Crippen molar-refractivity contribution in [2.75, 3.05) is 32.2 Å². The quantitative estimate of drug-likeness (QED) is 0.529. The number of rotatable bonds is 9. The number of amides is 2. The maximum atomic E-state index is 11.9. The van der Waals surface area contributed by atoms with E-state index in [1.165, 1.54) is 7.11 Å². The summed E-state index contributed by atoms with van der Waals surface area (Å²) in [7, 11) is 1.51. The second kappa shape index (κ2) is 10.3. The zero-order chi connectivity index (χ0) is 17.1. The number of ether oxygens (including phenoxy) is 2. The predicted molar refractivity (Wildman–Crippen MR) is 85.1 cm³/mol. The average Bonchev–Trinajstić information content (AvgIpc) is 2.54. The summed E-state index contributed by atoms with van der Waals surface area (Å²) < 4.78 is 9.63. The fraction of sp³-hybridized carbons (Fsp3) is 0.438. The molecule has 126 valence electrons. The molecule has 0 spiro atoms. The highest BCUT2D eigenvalue weighted by molar-refractivity contribution is 6.04. The zero-order valence-electron chi connectivity index (χ0n) is 13.4. The van der Waals surface area contributed by atoms with E-state index in [0.717, 1.165) is 0 Å². The molecule has 2 amide bonds. The van der Waals surface area contributed by atoms with Gasteiger partial charge in [-0.2, -0.15) is 0 Å². The highest BCUT2D eigenvalue weighted by Crippen LogP contribution is 2.15. The van der Waals surface area contributed by atoms with Crippen molar-refractivity contribution < 1.29 is 23.9 Å². The Morgan fingerprint density at radius 3 is 2.52 bits per heavy atom. The molecule has 2 N–H and O–H groups in total. The molecule has 7 nitrogen and oxygen atoms in total. The summed E-state index contributed by atoms with van der Waals surface area (Å²) >= 11 is 0. The lowest BCUT2D eigenvalue weighted by Gasteiger charge is -2.10. The van der Waals surface area contributed by atoms with Crippen molar-refractivity contribution in [3.63, 3.8) is 0 Å². The van der Waals surface area contributed by atoms with Gasteiger partial charge in [0, 0.05) is 20.1 Å². The molecule has 0 heterocycles. The van der Waals surface area contributed by atoms with Crippen molar-refractivity contribution >= 4 is 23.5 Å². The number of carbonyl (C=O) groups excluding carboxylic acids is 3. The van der Waals surface area contributed by atoms with Crippen molar-refractivity contribution in [1.82, 2.24) is 5.32 Å². The Morgan fingerprint density at radius 2 is 1.83 bits per heavy atom. The third kappa shape index (κ3) is 6.92. The molecule has 0 bridgehead atoms. The van der Waals surface area contributed by atoms with Gasteiger partial charge in [-0.1, -0.05) is 12.1 Å². The van der Waals surface area contributed by atoms with Gasteiger partial charge in [-0.25, -0.2) is 0 Å². The lowest BCUT2D eigenvalue weighted by Crippen LogP contribution is -2.25. The Bertz CT molecular complexity index is 545. The van der Waals surface area contributed by atoms with E-state index >= 15 is 0 Å². The van der Waals surface area contributed by atoms with E-state index in [9.17, 15) is 14.4 Å². The van der Waals surface area contributed by atoms with Gasteiger partial charge in [0.05, 0.1) is 24.3 Å². The molecule has 1 aromatic carbocycles. The number of nitrogens with one attached hydrogen (secondary N) is 2. The van der Waals surface area contributed by atoms with Gasteiger partial charge in [-0.15, -0.1) is 0 Å². The van der Waals surface area contributed by atoms with Gasteiger partial charge in [-0.3, -0.25) is 14.4 Å². The van der Waals surface area contributed by atoms with E-state index in [-0.39, 0.29) is 31.3 Å². The van der Waals surface area contributed by atoms with Crippen LogP contribution in [0.4, 0.5) is 5.69 Å². The molecule has 0 unspecified atom stereocenters. The van der Waals surface area contributed by atoms with Crippen LogP contribution in [-0.2, 0) is 19.1 Å². The van der Waals surface area contributed by atoms with Gasteiger partial charge in [0.25, 0.3) is 5.91 Å². The molecular formula is C16H22N2O5. The Morgan fingerprint density at radius 1 is 1.09 bits per heavy atom. The molecular weight excluding hydrogens is 300 g/mol. The number of esters is 1. The molecule has 0 saturated heterocycles. The first kappa shape index (κ1) is 18.6. The van der Waals surface area contributed by atoms with Crippen LogP contribution in [-0.4, -0.2) is 44.7 Å². The van der Waals surface area contributed by atoms with E-state index in [1.54, 1.807) is 24.3 Å². The molecule has 7 heteroatoms. The van der Waals surface area contributed by atoms with Crippen molar-refractivity contribution in [2.24, 2.45) is 0 Å². The van der Waals surface area contributed by atoms with Gasteiger partial charge in [0.15, 0.2) is 0 Å². The summed E-state index contributed by atoms with van der Waals surface area (Å²) in [6, 6.07) is 6.70. The highest BCUT2D eigenvalue weighted by atomic mass is 16.6. The van der Waals surface area contributed by atoms with E-state index in [0.29, 0.717) is 24.4 Å². The number of para-hydroxylation sites is 1. The van der Waals surface area contributed by atoms with E-state index in [1.807, 2.05) is 6.92 Å². The van der Waals surface area contributed by atoms with Crippen LogP contribution in [0.15, 0.2) is 24.3 Å². The molecule has 0 fully saturated rings. The normalized spacial score (nSPS) is 10.0. The summed E-state index contributed by atoms with van der Waals surface area (Å²) in [4.78, 5) is 35.2. The molecule has 0 aromatic heterocycles. The number of hydrogen-bond donors (Lipinski definition) is 2. The first-order valence-corrected chi connectivity index (χ1v) is 7.40. The first-order valence-electron chi connectivity index (χ1n) is 7.40. The van der Waals surface area contributed by atoms with Gasteiger partial charge < -0.3 is 20.1 Å². The third-order valence-electron chi connectivity index (χ3n) is 2.89. The number of hydrogen-bond acceptors (Lipinski definition) is 5. The topological polar surface area (TPSA) is 93.7 Å². The van der Waals surface area contributed by atoms with Gasteiger partial charge in [-0.05, 0) is 19.1 Å². The average molecular weight is 322 g/mol. The summed E-state index contributed by atoms with van der Waals surface area (Å²) in [6.07, 6.45) is -0.0472. The SMILES string of the molecule is CCNC(=O)c1ccccc1NC(=O)CCC(=O)OCCOC. The van der Waals surface area contributed by atoms with Crippen molar-refractivity contribution in [3.05, 3.63) is 29.8 Å². The van der Waals surface area contributed by atoms with Gasteiger partial charge >= 0.3 is 5.97 Å². The van der Waals surface area contributed by atoms with E-state index < -0.39 is 5.97 Å². The molecule has 0 aliphatic rings. The second-order valence-electron chi connectivity index (χ2n) is 4.67. The monoisotopic (exact) mass is 322 g/mol. The fourth-order valence-electron chi connectivity index (χ4n) is 1.79. The van der Waals surface area contributed by atoms with Crippen LogP contribution in [0.1, 0.15) is 30.1 Å². The summed E-state index contributed by atoms with van der Waals surface area (Å²) in [5.41, 5.74) is 0.793. The summed E-state index contributed by atoms with van der Waals surface area (Å²) in [5, 5.41) is 5.32. The predicted octanol–water partition coefficient (Wildman–Crippen LogP) is 1.34. The second-order valence-corrected chi connectivity index (χ2v) is 4.67. The molecule has 0 radical (unpaired) electrons. The molecule has 0 aliphatic carbocycles. The standard InChI is InChI=1S/C16H22N2O5/c1-3-17-16(21)12-6-4-5-7-13(12)18-14(19)8-9-15(20)23-11-10-22-2/h4-7H,3,8-11H2,1-2H3,(H,17,21)(H,18,19). The summed E-state index contributed by atoms with van der Waals surface area (Å²) in [5.74, 6) is -1.08. The Balaban J connectivity index is 2.51. The number of benzene rings is 1. The minimum atomic E-state index is -0.464. The smallest absolute Gasteiger partial charge is 0.306 e. The van der Waals surface area contributed by atoms with Crippen LogP contribution in [0.2, 0.25) is 0 Å². The highest BCUT2D eigenvalue weighted by Gasteiger charge is 2.13. The van der Waals surface area contributed by atoms with E-state index in [4.69, 9.17) is 9.47 Å². The fourth-order valence-corrected chi connectivity index (χ4v) is 1.79. The van der Waals surface area contributed by atoms with Gasteiger partial charge in [0.2, 0.25) is 5.91 Å². The minimum absolute atomic E-state index is 0.0183. The van der Waals surface area contributed by atoms with E-state index in [2.05, 4.69) is 10.6 Å². The molecule has 0 atom stereocenters. The van der Waals surface area contributed by atoms with Crippen LogP contribution in [0.3, 0.4) is 0 Å². The van der Waals surface area contributed by atoms with Crippen LogP contribution in [0.25, 0.3) is 0 Å². The summed E-state index contributed by atoms with van der Waals surface area (Å²) in [6.45, 7) is 2.79. The van der Waals surface area contributed by atoms with Crippen molar-refractivity contribution in [3.8, 4) is 0 Å². The van der Waals surface area contributed by atoms with Crippen molar-refractivity contribution in [1.29, 1.82) is 0 Å². The zero-order valence-corrected chi connectivity index (χ0v) is 13.4. The number of anilines is 1. The molecule has 23 heavy (non-hydrogen) atoms. The molecule has 1 rings (SSSR count). The van der Waals surface area contributed by atoms with Crippen LogP contribution in [0.5, 0.6) is 0 Å². The number of carbonyl (C=O) groups is 3. The van der Waals surface area contributed by atoms with Crippen LogP contribution in [0, 0.1) is 0 Å². The largest absolute Gasteiger partial charge is 0.463 e. The molecule has 0 aliphatic heterocycles. The lowest BCUT2D eigenvalue weighted by molar-refractivity contribution is -0.145. The van der Waals surface area contributed by atoms with Gasteiger partial charge in [0.1, 0.15) is 6.61 Å². The number of methoxy groups -OCH3 is 1. The van der Waals surface area contributed by atoms with Crippen LogP contribution < -0.4 is 10.6 Å². The Kier molecular flexibility index (Phi) is 8.38.